The largest absolute Gasteiger partial charge is 0.322 e. The van der Waals surface area contributed by atoms with Gasteiger partial charge in [-0.2, -0.15) is 5.10 Å². The van der Waals surface area contributed by atoms with Gasteiger partial charge in [-0.1, -0.05) is 24.3 Å². The van der Waals surface area contributed by atoms with Crippen LogP contribution in [0.4, 0.5) is 11.4 Å². The van der Waals surface area contributed by atoms with Crippen molar-refractivity contribution in [2.45, 2.75) is 0 Å². The molecule has 0 saturated carbocycles. The standard InChI is InChI=1S/C18H14N4O4/c1-21-17(23)11-10-15(20-21)12-6-8-13(9-7-12)19-18(24)14-4-2-3-5-16(14)22(25)26/h2-11H,1H3,(H,19,24). The molecule has 0 bridgehead atoms. The molecule has 130 valence electrons. The number of nitrogens with zero attached hydrogens (tertiary/aromatic N) is 3. The molecule has 0 aliphatic rings. The predicted molar refractivity (Wildman–Crippen MR) is 96.0 cm³/mol. The molecule has 0 atom stereocenters. The molecule has 1 N–H and O–H groups in total. The van der Waals surface area contributed by atoms with Gasteiger partial charge in [0.1, 0.15) is 5.56 Å². The summed E-state index contributed by atoms with van der Waals surface area (Å²) in [6.07, 6.45) is 0. The Labute approximate surface area is 147 Å². The summed E-state index contributed by atoms with van der Waals surface area (Å²) >= 11 is 0. The molecule has 3 rings (SSSR count). The zero-order chi connectivity index (χ0) is 18.7. The summed E-state index contributed by atoms with van der Waals surface area (Å²) in [6, 6.07) is 15.6. The number of aryl methyl sites for hydroxylation is 1. The first-order valence-corrected chi connectivity index (χ1v) is 7.65. The van der Waals surface area contributed by atoms with Crippen molar-refractivity contribution in [1.29, 1.82) is 0 Å². The molecule has 0 spiro atoms. The van der Waals surface area contributed by atoms with Crippen molar-refractivity contribution in [2.75, 3.05) is 5.32 Å². The Morgan fingerprint density at radius 2 is 1.77 bits per heavy atom. The van der Waals surface area contributed by atoms with Gasteiger partial charge in [-0.25, -0.2) is 4.68 Å². The Morgan fingerprint density at radius 1 is 1.08 bits per heavy atom. The van der Waals surface area contributed by atoms with E-state index < -0.39 is 10.8 Å². The average Bonchev–Trinajstić information content (AvgIpc) is 2.64. The Kier molecular flexibility index (Phi) is 4.57. The summed E-state index contributed by atoms with van der Waals surface area (Å²) in [7, 11) is 1.56. The van der Waals surface area contributed by atoms with Gasteiger partial charge in [0.15, 0.2) is 0 Å². The third-order valence-electron chi connectivity index (χ3n) is 3.74. The number of carbonyl (C=O) groups excluding carboxylic acids is 1. The minimum atomic E-state index is -0.594. The lowest BCUT2D eigenvalue weighted by molar-refractivity contribution is -0.385. The lowest BCUT2D eigenvalue weighted by atomic mass is 10.1. The molecule has 26 heavy (non-hydrogen) atoms. The molecule has 1 amide bonds. The highest BCUT2D eigenvalue weighted by Gasteiger charge is 2.19. The van der Waals surface area contributed by atoms with Crippen LogP contribution in [-0.2, 0) is 7.05 Å². The molecule has 8 nitrogen and oxygen atoms in total. The van der Waals surface area contributed by atoms with Gasteiger partial charge < -0.3 is 5.32 Å². The maximum absolute atomic E-state index is 12.3. The second kappa shape index (κ2) is 6.98. The van der Waals surface area contributed by atoms with Crippen molar-refractivity contribution in [2.24, 2.45) is 7.05 Å². The Bertz CT molecular complexity index is 1040. The fraction of sp³-hybridized carbons (Fsp3) is 0.0556. The lowest BCUT2D eigenvalue weighted by Gasteiger charge is -2.07. The molecule has 0 radical (unpaired) electrons. The summed E-state index contributed by atoms with van der Waals surface area (Å²) in [5, 5.41) is 17.8. The van der Waals surface area contributed by atoms with Crippen molar-refractivity contribution in [1.82, 2.24) is 9.78 Å². The number of hydrogen-bond acceptors (Lipinski definition) is 5. The van der Waals surface area contributed by atoms with Crippen molar-refractivity contribution < 1.29 is 9.72 Å². The van der Waals surface area contributed by atoms with Gasteiger partial charge in [0.05, 0.1) is 10.6 Å². The summed E-state index contributed by atoms with van der Waals surface area (Å²) < 4.78 is 1.24. The van der Waals surface area contributed by atoms with Crippen LogP contribution in [0.1, 0.15) is 10.4 Å². The Morgan fingerprint density at radius 3 is 2.42 bits per heavy atom. The number of aromatic nitrogens is 2. The van der Waals surface area contributed by atoms with E-state index in [1.165, 1.54) is 28.9 Å². The van der Waals surface area contributed by atoms with Gasteiger partial charge in [0.2, 0.25) is 0 Å². The van der Waals surface area contributed by atoms with Gasteiger partial charge in [0.25, 0.3) is 17.2 Å². The second-order valence-corrected chi connectivity index (χ2v) is 5.49. The third kappa shape index (κ3) is 3.48. The maximum Gasteiger partial charge on any atom is 0.282 e. The van der Waals surface area contributed by atoms with E-state index in [0.29, 0.717) is 11.4 Å². The SMILES string of the molecule is Cn1nc(-c2ccc(NC(=O)c3ccccc3[N+](=O)[O-])cc2)ccc1=O. The molecule has 8 heteroatoms. The number of amides is 1. The van der Waals surface area contributed by atoms with Crippen molar-refractivity contribution in [3.8, 4) is 11.3 Å². The Balaban J connectivity index is 1.81. The van der Waals surface area contributed by atoms with Crippen LogP contribution < -0.4 is 10.9 Å². The van der Waals surface area contributed by atoms with E-state index in [2.05, 4.69) is 10.4 Å². The van der Waals surface area contributed by atoms with E-state index in [4.69, 9.17) is 0 Å². The van der Waals surface area contributed by atoms with Gasteiger partial charge >= 0.3 is 0 Å². The molecule has 0 saturated heterocycles. The predicted octanol–water partition coefficient (Wildman–Crippen LogP) is 2.61. The molecule has 0 unspecified atom stereocenters. The van der Waals surface area contributed by atoms with E-state index in [0.717, 1.165) is 5.56 Å². The number of nitrogens with one attached hydrogen (secondary N) is 1. The first-order chi connectivity index (χ1) is 12.5. The van der Waals surface area contributed by atoms with Gasteiger partial charge in [-0.3, -0.25) is 19.7 Å². The van der Waals surface area contributed by atoms with Crippen LogP contribution in [0.25, 0.3) is 11.3 Å². The molecule has 2 aromatic carbocycles. The topological polar surface area (TPSA) is 107 Å². The van der Waals surface area contributed by atoms with Crippen LogP contribution in [0.15, 0.2) is 65.5 Å². The molecule has 3 aromatic rings. The highest BCUT2D eigenvalue weighted by atomic mass is 16.6. The summed E-state index contributed by atoms with van der Waals surface area (Å²) in [5.41, 5.74) is 1.40. The molecular formula is C18H14N4O4. The number of nitro groups is 1. The summed E-state index contributed by atoms with van der Waals surface area (Å²) in [6.45, 7) is 0. The number of para-hydroxylation sites is 1. The number of benzene rings is 2. The number of carbonyl (C=O) groups is 1. The van der Waals surface area contributed by atoms with Crippen LogP contribution in [0.2, 0.25) is 0 Å². The molecule has 0 aliphatic carbocycles. The van der Waals surface area contributed by atoms with Gasteiger partial charge in [-0.15, -0.1) is 0 Å². The molecular weight excluding hydrogens is 336 g/mol. The van der Waals surface area contributed by atoms with E-state index in [1.807, 2.05) is 0 Å². The van der Waals surface area contributed by atoms with Crippen LogP contribution >= 0.6 is 0 Å². The normalized spacial score (nSPS) is 10.3. The number of hydrogen-bond donors (Lipinski definition) is 1. The first-order valence-electron chi connectivity index (χ1n) is 7.65. The zero-order valence-corrected chi connectivity index (χ0v) is 13.7. The minimum absolute atomic E-state index is 0.0127. The van der Waals surface area contributed by atoms with Crippen LogP contribution in [-0.4, -0.2) is 20.6 Å². The summed E-state index contributed by atoms with van der Waals surface area (Å²) in [4.78, 5) is 34.1. The fourth-order valence-corrected chi connectivity index (χ4v) is 2.40. The smallest absolute Gasteiger partial charge is 0.282 e. The summed E-state index contributed by atoms with van der Waals surface area (Å²) in [5.74, 6) is -0.565. The monoisotopic (exact) mass is 350 g/mol. The Hall–Kier alpha value is -3.81. The second-order valence-electron chi connectivity index (χ2n) is 5.49. The number of anilines is 1. The molecule has 1 heterocycles. The molecule has 0 fully saturated rings. The first kappa shape index (κ1) is 17.0. The van der Waals surface area contributed by atoms with Crippen LogP contribution in [0, 0.1) is 10.1 Å². The fourth-order valence-electron chi connectivity index (χ4n) is 2.40. The van der Waals surface area contributed by atoms with Crippen molar-refractivity contribution in [3.05, 3.63) is 86.7 Å². The zero-order valence-electron chi connectivity index (χ0n) is 13.7. The number of nitro benzene ring substituents is 1. The van der Waals surface area contributed by atoms with E-state index in [-0.39, 0.29) is 16.8 Å². The minimum Gasteiger partial charge on any atom is -0.322 e. The highest BCUT2D eigenvalue weighted by Crippen LogP contribution is 2.21. The van der Waals surface area contributed by atoms with Gasteiger partial charge in [0, 0.05) is 30.4 Å². The molecule has 1 aromatic heterocycles. The number of rotatable bonds is 4. The van der Waals surface area contributed by atoms with Crippen molar-refractivity contribution >= 4 is 17.3 Å². The lowest BCUT2D eigenvalue weighted by Crippen LogP contribution is -2.18. The average molecular weight is 350 g/mol. The maximum atomic E-state index is 12.3. The van der Waals surface area contributed by atoms with Gasteiger partial charge in [-0.05, 0) is 24.3 Å². The van der Waals surface area contributed by atoms with E-state index in [9.17, 15) is 19.7 Å². The van der Waals surface area contributed by atoms with Crippen LogP contribution in [0.5, 0.6) is 0 Å². The molecule has 0 aliphatic heterocycles. The van der Waals surface area contributed by atoms with Crippen molar-refractivity contribution in [3.63, 3.8) is 0 Å². The quantitative estimate of drug-likeness (QED) is 0.575. The van der Waals surface area contributed by atoms with E-state index in [1.54, 1.807) is 43.4 Å². The van der Waals surface area contributed by atoms with E-state index >= 15 is 0 Å². The van der Waals surface area contributed by atoms with Crippen LogP contribution in [0.3, 0.4) is 0 Å². The third-order valence-corrected chi connectivity index (χ3v) is 3.74. The highest BCUT2D eigenvalue weighted by molar-refractivity contribution is 6.07.